The Morgan fingerprint density at radius 3 is 2.61 bits per heavy atom. The van der Waals surface area contributed by atoms with Gasteiger partial charge in [0.15, 0.2) is 0 Å². The van der Waals surface area contributed by atoms with Crippen LogP contribution in [0.15, 0.2) is 42.6 Å². The van der Waals surface area contributed by atoms with Crippen molar-refractivity contribution in [3.8, 4) is 0 Å². The third-order valence-corrected chi connectivity index (χ3v) is 2.86. The second-order valence-corrected chi connectivity index (χ2v) is 4.25. The summed E-state index contributed by atoms with van der Waals surface area (Å²) in [6.07, 6.45) is 2.66. The molecule has 0 fully saturated rings. The van der Waals surface area contributed by atoms with Crippen molar-refractivity contribution in [1.29, 1.82) is 0 Å². The average Bonchev–Trinajstić information content (AvgIpc) is 2.78. The number of hydrogen-bond acceptors (Lipinski definition) is 2. The van der Waals surface area contributed by atoms with Crippen molar-refractivity contribution >= 4 is 11.6 Å². The summed E-state index contributed by atoms with van der Waals surface area (Å²) in [5, 5.41) is 2.90. The van der Waals surface area contributed by atoms with Crippen LogP contribution in [0.4, 0.5) is 5.69 Å². The Morgan fingerprint density at radius 1 is 1.28 bits per heavy atom. The molecule has 4 nitrogen and oxygen atoms in total. The van der Waals surface area contributed by atoms with E-state index in [4.69, 9.17) is 5.73 Å². The number of anilines is 1. The molecule has 3 N–H and O–H groups in total. The van der Waals surface area contributed by atoms with Crippen LogP contribution in [0.2, 0.25) is 0 Å². The molecule has 0 aliphatic carbocycles. The molecule has 1 amide bonds. The molecule has 0 bridgehead atoms. The highest BCUT2D eigenvalue weighted by molar-refractivity contribution is 5.92. The maximum Gasteiger partial charge on any atom is 0.267 e. The van der Waals surface area contributed by atoms with Crippen LogP contribution < -0.4 is 11.1 Å². The van der Waals surface area contributed by atoms with Crippen LogP contribution in [0.1, 0.15) is 16.1 Å². The number of nitrogens with two attached hydrogens (primary N) is 1. The standard InChI is InChI=1S/C14H17N3O/c1-17-10-2-3-13(17)14(18)16-9-8-11-4-6-12(15)7-5-11/h2-7,10H,8-9,15H2,1H3,(H,16,18). The first-order valence-corrected chi connectivity index (χ1v) is 5.91. The second kappa shape index (κ2) is 5.40. The number of aromatic nitrogens is 1. The van der Waals surface area contributed by atoms with E-state index >= 15 is 0 Å². The van der Waals surface area contributed by atoms with Crippen LogP contribution in [0, 0.1) is 0 Å². The second-order valence-electron chi connectivity index (χ2n) is 4.25. The van der Waals surface area contributed by atoms with E-state index in [0.717, 1.165) is 17.7 Å². The number of aryl methyl sites for hydroxylation is 1. The number of amides is 1. The zero-order chi connectivity index (χ0) is 13.0. The Bertz CT molecular complexity index is 528. The first kappa shape index (κ1) is 12.2. The van der Waals surface area contributed by atoms with Crippen LogP contribution in [-0.2, 0) is 13.5 Å². The minimum Gasteiger partial charge on any atom is -0.399 e. The van der Waals surface area contributed by atoms with Crippen LogP contribution >= 0.6 is 0 Å². The van der Waals surface area contributed by atoms with Gasteiger partial charge in [-0.1, -0.05) is 12.1 Å². The zero-order valence-corrected chi connectivity index (χ0v) is 10.4. The summed E-state index contributed by atoms with van der Waals surface area (Å²) in [7, 11) is 1.86. The smallest absolute Gasteiger partial charge is 0.267 e. The van der Waals surface area contributed by atoms with Crippen molar-refractivity contribution < 1.29 is 4.79 Å². The highest BCUT2D eigenvalue weighted by Gasteiger charge is 2.07. The molecule has 0 spiro atoms. The SMILES string of the molecule is Cn1cccc1C(=O)NCCc1ccc(N)cc1. The van der Waals surface area contributed by atoms with Crippen LogP contribution in [0.3, 0.4) is 0 Å². The average molecular weight is 243 g/mol. The third-order valence-electron chi connectivity index (χ3n) is 2.86. The van der Waals surface area contributed by atoms with Crippen molar-refractivity contribution in [2.75, 3.05) is 12.3 Å². The molecule has 0 aliphatic heterocycles. The number of benzene rings is 1. The topological polar surface area (TPSA) is 60.0 Å². The Morgan fingerprint density at radius 2 is 2.00 bits per heavy atom. The number of nitrogens with zero attached hydrogens (tertiary/aromatic N) is 1. The molecular weight excluding hydrogens is 226 g/mol. The number of rotatable bonds is 4. The van der Waals surface area contributed by atoms with Gasteiger partial charge < -0.3 is 15.6 Å². The molecule has 0 saturated heterocycles. The van der Waals surface area contributed by atoms with Crippen molar-refractivity contribution in [2.24, 2.45) is 7.05 Å². The highest BCUT2D eigenvalue weighted by atomic mass is 16.1. The van der Waals surface area contributed by atoms with Crippen molar-refractivity contribution in [1.82, 2.24) is 9.88 Å². The maximum atomic E-state index is 11.8. The molecule has 2 rings (SSSR count). The summed E-state index contributed by atoms with van der Waals surface area (Å²) in [6, 6.07) is 11.4. The van der Waals surface area contributed by atoms with Crippen molar-refractivity contribution in [3.05, 3.63) is 53.9 Å². The molecule has 0 unspecified atom stereocenters. The van der Waals surface area contributed by atoms with Gasteiger partial charge in [0.2, 0.25) is 0 Å². The lowest BCUT2D eigenvalue weighted by atomic mass is 10.1. The predicted octanol–water partition coefficient (Wildman–Crippen LogP) is 1.58. The van der Waals surface area contributed by atoms with E-state index < -0.39 is 0 Å². The van der Waals surface area contributed by atoms with Gasteiger partial charge >= 0.3 is 0 Å². The molecule has 18 heavy (non-hydrogen) atoms. The first-order chi connectivity index (χ1) is 8.66. The van der Waals surface area contributed by atoms with Gasteiger partial charge in [-0.25, -0.2) is 0 Å². The molecule has 1 aromatic carbocycles. The first-order valence-electron chi connectivity index (χ1n) is 5.91. The molecule has 1 heterocycles. The van der Waals surface area contributed by atoms with Gasteiger partial charge in [-0.3, -0.25) is 4.79 Å². The zero-order valence-electron chi connectivity index (χ0n) is 10.4. The third kappa shape index (κ3) is 2.91. The number of nitrogens with one attached hydrogen (secondary N) is 1. The molecular formula is C14H17N3O. The van der Waals surface area contributed by atoms with Crippen LogP contribution in [-0.4, -0.2) is 17.0 Å². The Hall–Kier alpha value is -2.23. The minimum absolute atomic E-state index is 0.0436. The molecule has 0 saturated carbocycles. The summed E-state index contributed by atoms with van der Waals surface area (Å²) >= 11 is 0. The Kier molecular flexibility index (Phi) is 3.67. The molecule has 0 aliphatic rings. The maximum absolute atomic E-state index is 11.8. The monoisotopic (exact) mass is 243 g/mol. The van der Waals surface area contributed by atoms with Gasteiger partial charge in [0.1, 0.15) is 5.69 Å². The van der Waals surface area contributed by atoms with Gasteiger partial charge in [-0.2, -0.15) is 0 Å². The predicted molar refractivity (Wildman–Crippen MR) is 72.3 cm³/mol. The van der Waals surface area contributed by atoms with Gasteiger partial charge in [0.25, 0.3) is 5.91 Å². The fourth-order valence-corrected chi connectivity index (χ4v) is 1.79. The Balaban J connectivity index is 1.84. The van der Waals surface area contributed by atoms with E-state index in [2.05, 4.69) is 5.32 Å². The van der Waals surface area contributed by atoms with E-state index in [1.807, 2.05) is 43.6 Å². The van der Waals surface area contributed by atoms with Gasteiger partial charge in [0.05, 0.1) is 0 Å². The normalized spacial score (nSPS) is 10.3. The molecule has 4 heteroatoms. The molecule has 1 aromatic heterocycles. The summed E-state index contributed by atoms with van der Waals surface area (Å²) in [5.74, 6) is -0.0436. The molecule has 2 aromatic rings. The van der Waals surface area contributed by atoms with Gasteiger partial charge in [0, 0.05) is 25.5 Å². The number of carbonyl (C=O) groups excluding carboxylic acids is 1. The van der Waals surface area contributed by atoms with E-state index in [1.165, 1.54) is 0 Å². The van der Waals surface area contributed by atoms with E-state index in [0.29, 0.717) is 12.2 Å². The summed E-state index contributed by atoms with van der Waals surface area (Å²) in [5.41, 5.74) is 8.20. The van der Waals surface area contributed by atoms with Gasteiger partial charge in [-0.05, 0) is 36.2 Å². The number of carbonyl (C=O) groups is 1. The summed E-state index contributed by atoms with van der Waals surface area (Å²) in [6.45, 7) is 0.619. The van der Waals surface area contributed by atoms with E-state index in [9.17, 15) is 4.79 Å². The van der Waals surface area contributed by atoms with Crippen molar-refractivity contribution in [2.45, 2.75) is 6.42 Å². The van der Waals surface area contributed by atoms with Crippen molar-refractivity contribution in [3.63, 3.8) is 0 Å². The fraction of sp³-hybridized carbons (Fsp3) is 0.214. The Labute approximate surface area is 106 Å². The minimum atomic E-state index is -0.0436. The summed E-state index contributed by atoms with van der Waals surface area (Å²) in [4.78, 5) is 11.8. The fourth-order valence-electron chi connectivity index (χ4n) is 1.79. The lowest BCUT2D eigenvalue weighted by Gasteiger charge is -2.06. The lowest BCUT2D eigenvalue weighted by Crippen LogP contribution is -2.27. The largest absolute Gasteiger partial charge is 0.399 e. The van der Waals surface area contributed by atoms with E-state index in [1.54, 1.807) is 10.6 Å². The van der Waals surface area contributed by atoms with E-state index in [-0.39, 0.29) is 5.91 Å². The molecule has 0 atom stereocenters. The molecule has 0 radical (unpaired) electrons. The van der Waals surface area contributed by atoms with Gasteiger partial charge in [-0.15, -0.1) is 0 Å². The highest BCUT2D eigenvalue weighted by Crippen LogP contribution is 2.05. The summed E-state index contributed by atoms with van der Waals surface area (Å²) < 4.78 is 1.80. The van der Waals surface area contributed by atoms with Crippen LogP contribution in [0.25, 0.3) is 0 Å². The molecule has 94 valence electrons. The number of nitrogen functional groups attached to an aromatic ring is 1. The lowest BCUT2D eigenvalue weighted by molar-refractivity contribution is 0.0946. The quantitative estimate of drug-likeness (QED) is 0.801. The van der Waals surface area contributed by atoms with Crippen LogP contribution in [0.5, 0.6) is 0 Å². The number of hydrogen-bond donors (Lipinski definition) is 2.